The van der Waals surface area contributed by atoms with Crippen LogP contribution in [0.5, 0.6) is 23.0 Å². The van der Waals surface area contributed by atoms with Crippen molar-refractivity contribution in [3.8, 4) is 23.0 Å². The summed E-state index contributed by atoms with van der Waals surface area (Å²) in [5.74, 6) is 2.45. The normalized spacial score (nSPS) is 12.5. The van der Waals surface area contributed by atoms with Crippen LogP contribution in [0.4, 0.5) is 10.7 Å². The van der Waals surface area contributed by atoms with Crippen molar-refractivity contribution in [2.45, 2.75) is 39.2 Å². The maximum atomic E-state index is 13.5. The first-order valence-electron chi connectivity index (χ1n) is 11.8. The molecule has 2 aromatic carbocycles. The Hall–Kier alpha value is -3.39. The van der Waals surface area contributed by atoms with Crippen LogP contribution in [0.2, 0.25) is 0 Å². The van der Waals surface area contributed by atoms with Crippen LogP contribution in [0.25, 0.3) is 0 Å². The number of benzene rings is 2. The third kappa shape index (κ3) is 5.32. The van der Waals surface area contributed by atoms with Crippen molar-refractivity contribution in [3.05, 3.63) is 58.0 Å². The number of nitrogens with one attached hydrogen (secondary N) is 2. The third-order valence-electron chi connectivity index (χ3n) is 6.05. The van der Waals surface area contributed by atoms with Crippen molar-refractivity contribution in [3.63, 3.8) is 0 Å². The Bertz CT molecular complexity index is 1170. The summed E-state index contributed by atoms with van der Waals surface area (Å²) in [6, 6.07) is 11.3. The number of anilines is 2. The highest BCUT2D eigenvalue weighted by Crippen LogP contribution is 2.42. The summed E-state index contributed by atoms with van der Waals surface area (Å²) < 4.78 is 22.1. The predicted molar refractivity (Wildman–Crippen MR) is 140 cm³/mol. The van der Waals surface area contributed by atoms with Gasteiger partial charge < -0.3 is 29.6 Å². The zero-order valence-corrected chi connectivity index (χ0v) is 21.5. The molecule has 4 rings (SSSR count). The molecule has 0 atom stereocenters. The van der Waals surface area contributed by atoms with Gasteiger partial charge in [-0.05, 0) is 74.6 Å². The number of thiophene rings is 1. The number of ether oxygens (including phenoxy) is 4. The Kier molecular flexibility index (Phi) is 8.02. The van der Waals surface area contributed by atoms with E-state index < -0.39 is 0 Å². The molecular weight excluding hydrogens is 464 g/mol. The molecule has 7 nitrogen and oxygen atoms in total. The van der Waals surface area contributed by atoms with E-state index in [9.17, 15) is 4.79 Å². The second-order valence-corrected chi connectivity index (χ2v) is 9.28. The van der Waals surface area contributed by atoms with Gasteiger partial charge in [0.25, 0.3) is 5.91 Å². The lowest BCUT2D eigenvalue weighted by atomic mass is 9.95. The van der Waals surface area contributed by atoms with Crippen LogP contribution in [0, 0.1) is 0 Å². The van der Waals surface area contributed by atoms with Gasteiger partial charge in [0.2, 0.25) is 5.75 Å². The average Bonchev–Trinajstić information content (AvgIpc) is 3.26. The highest BCUT2D eigenvalue weighted by molar-refractivity contribution is 7.16. The predicted octanol–water partition coefficient (Wildman–Crippen LogP) is 5.92. The number of methoxy groups -OCH3 is 3. The van der Waals surface area contributed by atoms with Gasteiger partial charge in [-0.2, -0.15) is 0 Å². The largest absolute Gasteiger partial charge is 0.494 e. The number of carbonyl (C=O) groups excluding carboxylic acids is 1. The highest BCUT2D eigenvalue weighted by atomic mass is 32.1. The Morgan fingerprint density at radius 1 is 0.943 bits per heavy atom. The van der Waals surface area contributed by atoms with Crippen LogP contribution in [-0.4, -0.2) is 33.8 Å². The Morgan fingerprint density at radius 3 is 2.37 bits per heavy atom. The molecule has 0 saturated carbocycles. The summed E-state index contributed by atoms with van der Waals surface area (Å²) >= 11 is 1.67. The minimum atomic E-state index is -0.102. The van der Waals surface area contributed by atoms with Crippen molar-refractivity contribution in [2.75, 3.05) is 38.6 Å². The van der Waals surface area contributed by atoms with Crippen molar-refractivity contribution >= 4 is 27.9 Å². The number of hydrogen-bond acceptors (Lipinski definition) is 7. The van der Waals surface area contributed by atoms with Gasteiger partial charge in [-0.15, -0.1) is 11.3 Å². The van der Waals surface area contributed by atoms with Gasteiger partial charge in [0.1, 0.15) is 10.8 Å². The van der Waals surface area contributed by atoms with E-state index in [1.54, 1.807) is 32.7 Å². The van der Waals surface area contributed by atoms with Gasteiger partial charge in [-0.1, -0.05) is 0 Å². The molecule has 0 saturated heterocycles. The highest BCUT2D eigenvalue weighted by Gasteiger charge is 2.26. The number of carbonyl (C=O) groups is 1. The lowest BCUT2D eigenvalue weighted by Crippen LogP contribution is -2.16. The van der Waals surface area contributed by atoms with E-state index in [0.29, 0.717) is 30.4 Å². The van der Waals surface area contributed by atoms with Crippen molar-refractivity contribution in [1.29, 1.82) is 0 Å². The molecule has 186 valence electrons. The lowest BCUT2D eigenvalue weighted by molar-refractivity contribution is 0.102. The van der Waals surface area contributed by atoms with E-state index in [4.69, 9.17) is 18.9 Å². The standard InChI is InChI=1S/C27H32N2O5S/c1-5-34-19-13-11-18(12-14-19)29-26(30)23-20-8-6-7-9-22(20)35-27(23)28-16-17-10-15-21(31-2)25(33-4)24(17)32-3/h10-15,28H,5-9,16H2,1-4H3,(H,29,30). The summed E-state index contributed by atoms with van der Waals surface area (Å²) in [6.45, 7) is 3.03. The van der Waals surface area contributed by atoms with Gasteiger partial charge in [0.05, 0.1) is 33.5 Å². The SMILES string of the molecule is CCOc1ccc(NC(=O)c2c(NCc3ccc(OC)c(OC)c3OC)sc3c2CCCC3)cc1. The molecular formula is C27H32N2O5S. The molecule has 8 heteroatoms. The maximum absolute atomic E-state index is 13.5. The Morgan fingerprint density at radius 2 is 1.69 bits per heavy atom. The fraction of sp³-hybridized carbons (Fsp3) is 0.370. The molecule has 1 aromatic heterocycles. The van der Waals surface area contributed by atoms with Crippen LogP contribution in [0.1, 0.15) is 46.1 Å². The molecule has 2 N–H and O–H groups in total. The van der Waals surface area contributed by atoms with Crippen molar-refractivity contribution in [2.24, 2.45) is 0 Å². The van der Waals surface area contributed by atoms with Crippen LogP contribution < -0.4 is 29.6 Å². The summed E-state index contributed by atoms with van der Waals surface area (Å²) in [7, 11) is 4.80. The minimum absolute atomic E-state index is 0.102. The summed E-state index contributed by atoms with van der Waals surface area (Å²) in [6.07, 6.45) is 4.16. The Balaban J connectivity index is 1.59. The third-order valence-corrected chi connectivity index (χ3v) is 7.30. The first kappa shape index (κ1) is 24.7. The molecule has 0 unspecified atom stereocenters. The number of hydrogen-bond donors (Lipinski definition) is 2. The minimum Gasteiger partial charge on any atom is -0.494 e. The van der Waals surface area contributed by atoms with Gasteiger partial charge in [0.15, 0.2) is 11.5 Å². The van der Waals surface area contributed by atoms with Gasteiger partial charge in [-0.25, -0.2) is 0 Å². The zero-order valence-electron chi connectivity index (χ0n) is 20.7. The van der Waals surface area contributed by atoms with E-state index >= 15 is 0 Å². The molecule has 0 spiro atoms. The smallest absolute Gasteiger partial charge is 0.258 e. The van der Waals surface area contributed by atoms with E-state index in [1.165, 1.54) is 4.88 Å². The fourth-order valence-electron chi connectivity index (χ4n) is 4.40. The van der Waals surface area contributed by atoms with Crippen LogP contribution in [-0.2, 0) is 19.4 Å². The van der Waals surface area contributed by atoms with Gasteiger partial charge >= 0.3 is 0 Å². The summed E-state index contributed by atoms with van der Waals surface area (Å²) in [5.41, 5.74) is 3.54. The Labute approximate surface area is 210 Å². The lowest BCUT2D eigenvalue weighted by Gasteiger charge is -2.17. The number of rotatable bonds is 10. The van der Waals surface area contributed by atoms with Gasteiger partial charge in [-0.3, -0.25) is 4.79 Å². The first-order chi connectivity index (χ1) is 17.1. The molecule has 0 fully saturated rings. The van der Waals surface area contributed by atoms with E-state index in [2.05, 4.69) is 10.6 Å². The molecule has 1 aliphatic carbocycles. The second-order valence-electron chi connectivity index (χ2n) is 8.17. The molecule has 35 heavy (non-hydrogen) atoms. The van der Waals surface area contributed by atoms with Crippen molar-refractivity contribution in [1.82, 2.24) is 0 Å². The molecule has 0 aliphatic heterocycles. The van der Waals surface area contributed by atoms with E-state index in [1.807, 2.05) is 43.3 Å². The van der Waals surface area contributed by atoms with Crippen LogP contribution in [0.3, 0.4) is 0 Å². The number of aryl methyl sites for hydroxylation is 1. The maximum Gasteiger partial charge on any atom is 0.258 e. The number of fused-ring (bicyclic) bond motifs is 1. The topological polar surface area (TPSA) is 78.1 Å². The van der Waals surface area contributed by atoms with Crippen molar-refractivity contribution < 1.29 is 23.7 Å². The summed E-state index contributed by atoms with van der Waals surface area (Å²) in [4.78, 5) is 14.7. The molecule has 1 heterocycles. The van der Waals surface area contributed by atoms with Gasteiger partial charge in [0, 0.05) is 22.7 Å². The van der Waals surface area contributed by atoms with E-state index in [0.717, 1.165) is 58.8 Å². The average molecular weight is 497 g/mol. The molecule has 0 bridgehead atoms. The van der Waals surface area contributed by atoms with E-state index in [-0.39, 0.29) is 5.91 Å². The molecule has 1 amide bonds. The molecule has 1 aliphatic rings. The van der Waals surface area contributed by atoms with Crippen LogP contribution in [0.15, 0.2) is 36.4 Å². The number of amides is 1. The monoisotopic (exact) mass is 496 g/mol. The summed E-state index contributed by atoms with van der Waals surface area (Å²) in [5, 5.41) is 7.45. The second kappa shape index (κ2) is 11.4. The first-order valence-corrected chi connectivity index (χ1v) is 12.6. The molecule has 0 radical (unpaired) electrons. The quantitative estimate of drug-likeness (QED) is 0.363. The van der Waals surface area contributed by atoms with Crippen LogP contribution >= 0.6 is 11.3 Å². The fourth-order valence-corrected chi connectivity index (χ4v) is 5.69. The zero-order chi connectivity index (χ0) is 24.8. The molecule has 3 aromatic rings.